The van der Waals surface area contributed by atoms with Crippen molar-refractivity contribution in [2.75, 3.05) is 6.54 Å². The Hall–Kier alpha value is -0.420. The molecule has 94 valence electrons. The van der Waals surface area contributed by atoms with Crippen LogP contribution in [0.3, 0.4) is 0 Å². The lowest BCUT2D eigenvalue weighted by Crippen LogP contribution is -2.35. The van der Waals surface area contributed by atoms with E-state index in [0.29, 0.717) is 18.9 Å². The molecule has 1 saturated carbocycles. The lowest BCUT2D eigenvalue weighted by Gasteiger charge is -2.20. The molecular formula is C11H21NO3S. The van der Waals surface area contributed by atoms with Crippen LogP contribution in [0, 0.1) is 5.92 Å². The van der Waals surface area contributed by atoms with Gasteiger partial charge in [0.15, 0.2) is 0 Å². The van der Waals surface area contributed by atoms with Crippen LogP contribution in [0.5, 0.6) is 0 Å². The minimum atomic E-state index is -0.467. The number of carbonyl (C=O) groups excluding carboxylic acids is 1. The van der Waals surface area contributed by atoms with Gasteiger partial charge in [-0.15, -0.1) is 0 Å². The SMILES string of the molecule is CC(C)(C)OC(=O)NCC1C[C@@H](O)[C@H](S)C1. The van der Waals surface area contributed by atoms with Crippen LogP contribution in [0.25, 0.3) is 0 Å². The number of ether oxygens (including phenoxy) is 1. The van der Waals surface area contributed by atoms with E-state index in [2.05, 4.69) is 17.9 Å². The molecule has 2 N–H and O–H groups in total. The molecule has 16 heavy (non-hydrogen) atoms. The molecule has 0 aliphatic heterocycles. The number of alkyl carbamates (subject to hydrolysis) is 1. The van der Waals surface area contributed by atoms with E-state index in [1.165, 1.54) is 0 Å². The molecule has 1 fully saturated rings. The lowest BCUT2D eigenvalue weighted by molar-refractivity contribution is 0.0517. The van der Waals surface area contributed by atoms with Gasteiger partial charge in [0.2, 0.25) is 0 Å². The summed E-state index contributed by atoms with van der Waals surface area (Å²) in [4.78, 5) is 11.4. The van der Waals surface area contributed by atoms with E-state index in [-0.39, 0.29) is 11.4 Å². The van der Waals surface area contributed by atoms with Crippen molar-refractivity contribution in [2.45, 2.75) is 50.6 Å². The Balaban J connectivity index is 2.23. The molecular weight excluding hydrogens is 226 g/mol. The number of aliphatic hydroxyl groups excluding tert-OH is 1. The standard InChI is InChI=1S/C11H21NO3S/c1-11(2,3)15-10(14)12-6-7-4-8(13)9(16)5-7/h7-9,13,16H,4-6H2,1-3H3,(H,12,14)/t7?,8-,9-/m1/s1. The number of thiol groups is 1. The van der Waals surface area contributed by atoms with Gasteiger partial charge in [0.25, 0.3) is 0 Å². The van der Waals surface area contributed by atoms with Crippen LogP contribution in [0.15, 0.2) is 0 Å². The first-order chi connectivity index (χ1) is 7.28. The van der Waals surface area contributed by atoms with Gasteiger partial charge in [-0.3, -0.25) is 0 Å². The lowest BCUT2D eigenvalue weighted by atomic mass is 10.1. The highest BCUT2D eigenvalue weighted by Crippen LogP contribution is 2.29. The van der Waals surface area contributed by atoms with E-state index in [1.807, 2.05) is 20.8 Å². The second-order valence-corrected chi connectivity index (χ2v) is 6.02. The number of nitrogens with one attached hydrogen (secondary N) is 1. The summed E-state index contributed by atoms with van der Waals surface area (Å²) in [5.74, 6) is 0.296. The fraction of sp³-hybridized carbons (Fsp3) is 0.909. The molecule has 1 aliphatic rings. The molecule has 0 spiro atoms. The molecule has 1 amide bonds. The van der Waals surface area contributed by atoms with Crippen molar-refractivity contribution in [3.05, 3.63) is 0 Å². The number of carbonyl (C=O) groups is 1. The Kier molecular flexibility index (Phi) is 4.50. The van der Waals surface area contributed by atoms with E-state index >= 15 is 0 Å². The van der Waals surface area contributed by atoms with Crippen molar-refractivity contribution in [3.63, 3.8) is 0 Å². The third kappa shape index (κ3) is 4.61. The molecule has 0 saturated heterocycles. The van der Waals surface area contributed by atoms with Gasteiger partial charge < -0.3 is 15.2 Å². The number of hydrogen-bond acceptors (Lipinski definition) is 4. The molecule has 1 rings (SSSR count). The molecule has 0 aromatic heterocycles. The quantitative estimate of drug-likeness (QED) is 0.649. The van der Waals surface area contributed by atoms with E-state index < -0.39 is 11.7 Å². The van der Waals surface area contributed by atoms with Gasteiger partial charge in [-0.05, 0) is 39.5 Å². The second-order valence-electron chi connectivity index (χ2n) is 5.35. The zero-order valence-corrected chi connectivity index (χ0v) is 11.0. The Morgan fingerprint density at radius 2 is 2.12 bits per heavy atom. The maximum Gasteiger partial charge on any atom is 0.407 e. The molecule has 0 bridgehead atoms. The zero-order chi connectivity index (χ0) is 12.3. The van der Waals surface area contributed by atoms with Crippen molar-refractivity contribution in [2.24, 2.45) is 5.92 Å². The largest absolute Gasteiger partial charge is 0.444 e. The van der Waals surface area contributed by atoms with E-state index in [9.17, 15) is 9.90 Å². The number of rotatable bonds is 2. The first kappa shape index (κ1) is 13.6. The Morgan fingerprint density at radius 3 is 2.56 bits per heavy atom. The third-order valence-electron chi connectivity index (χ3n) is 2.53. The maximum atomic E-state index is 11.4. The van der Waals surface area contributed by atoms with E-state index in [4.69, 9.17) is 4.74 Å². The van der Waals surface area contributed by atoms with Gasteiger partial charge in [-0.1, -0.05) is 0 Å². The van der Waals surface area contributed by atoms with Gasteiger partial charge in [0.05, 0.1) is 6.10 Å². The molecule has 5 heteroatoms. The predicted octanol–water partition coefficient (Wildman–Crippen LogP) is 1.58. The summed E-state index contributed by atoms with van der Waals surface area (Å²) < 4.78 is 5.12. The second kappa shape index (κ2) is 5.27. The highest BCUT2D eigenvalue weighted by Gasteiger charge is 2.30. The number of hydrogen-bond donors (Lipinski definition) is 3. The molecule has 4 nitrogen and oxygen atoms in total. The third-order valence-corrected chi connectivity index (χ3v) is 3.08. The predicted molar refractivity (Wildman–Crippen MR) is 65.7 cm³/mol. The van der Waals surface area contributed by atoms with Gasteiger partial charge in [0.1, 0.15) is 5.60 Å². The fourth-order valence-corrected chi connectivity index (χ4v) is 2.22. The van der Waals surface area contributed by atoms with Crippen LogP contribution < -0.4 is 5.32 Å². The molecule has 1 unspecified atom stereocenters. The van der Waals surface area contributed by atoms with Crippen LogP contribution >= 0.6 is 12.6 Å². The van der Waals surface area contributed by atoms with Crippen LogP contribution in [0.4, 0.5) is 4.79 Å². The Morgan fingerprint density at radius 1 is 1.50 bits per heavy atom. The summed E-state index contributed by atoms with van der Waals surface area (Å²) in [5.41, 5.74) is -0.467. The van der Waals surface area contributed by atoms with Crippen molar-refractivity contribution in [1.29, 1.82) is 0 Å². The summed E-state index contributed by atoms with van der Waals surface area (Å²) >= 11 is 4.27. The highest BCUT2D eigenvalue weighted by molar-refractivity contribution is 7.81. The fourth-order valence-electron chi connectivity index (χ4n) is 1.80. The molecule has 0 heterocycles. The van der Waals surface area contributed by atoms with Gasteiger partial charge >= 0.3 is 6.09 Å². The summed E-state index contributed by atoms with van der Waals surface area (Å²) in [6, 6.07) is 0. The van der Waals surface area contributed by atoms with Gasteiger partial charge in [0, 0.05) is 11.8 Å². The maximum absolute atomic E-state index is 11.4. The van der Waals surface area contributed by atoms with Gasteiger partial charge in [-0.2, -0.15) is 12.6 Å². The van der Waals surface area contributed by atoms with Crippen molar-refractivity contribution >= 4 is 18.7 Å². The zero-order valence-electron chi connectivity index (χ0n) is 10.1. The summed E-state index contributed by atoms with van der Waals surface area (Å²) in [7, 11) is 0. The normalized spacial score (nSPS) is 30.2. The minimum Gasteiger partial charge on any atom is -0.444 e. The first-order valence-electron chi connectivity index (χ1n) is 5.61. The number of amides is 1. The summed E-state index contributed by atoms with van der Waals surface area (Å²) in [5, 5.41) is 12.2. The van der Waals surface area contributed by atoms with Crippen molar-refractivity contribution < 1.29 is 14.6 Å². The summed E-state index contributed by atoms with van der Waals surface area (Å²) in [6.45, 7) is 6.03. The van der Waals surface area contributed by atoms with Crippen molar-refractivity contribution in [1.82, 2.24) is 5.32 Å². The van der Waals surface area contributed by atoms with Crippen LogP contribution in [0.2, 0.25) is 0 Å². The van der Waals surface area contributed by atoms with Crippen molar-refractivity contribution in [3.8, 4) is 0 Å². The van der Waals surface area contributed by atoms with Crippen LogP contribution in [-0.4, -0.2) is 34.7 Å². The average Bonchev–Trinajstić information content (AvgIpc) is 2.40. The number of aliphatic hydroxyl groups is 1. The van der Waals surface area contributed by atoms with E-state index in [0.717, 1.165) is 6.42 Å². The first-order valence-corrected chi connectivity index (χ1v) is 6.12. The van der Waals surface area contributed by atoms with Gasteiger partial charge in [-0.25, -0.2) is 4.79 Å². The average molecular weight is 247 g/mol. The summed E-state index contributed by atoms with van der Waals surface area (Å²) in [6.07, 6.45) is 0.780. The smallest absolute Gasteiger partial charge is 0.407 e. The van der Waals surface area contributed by atoms with E-state index in [1.54, 1.807) is 0 Å². The minimum absolute atomic E-state index is 0.0328. The molecule has 0 aromatic carbocycles. The van der Waals surface area contributed by atoms with Crippen LogP contribution in [-0.2, 0) is 4.74 Å². The molecule has 1 aliphatic carbocycles. The Bertz CT molecular complexity index is 242. The highest BCUT2D eigenvalue weighted by atomic mass is 32.1. The molecule has 0 radical (unpaired) electrons. The van der Waals surface area contributed by atoms with Crippen LogP contribution in [0.1, 0.15) is 33.6 Å². The molecule has 3 atom stereocenters. The monoisotopic (exact) mass is 247 g/mol. The Labute approximate surface area is 102 Å². The topological polar surface area (TPSA) is 58.6 Å². The molecule has 0 aromatic rings.